The summed E-state index contributed by atoms with van der Waals surface area (Å²) in [6.07, 6.45) is -4.62. The molecule has 0 amide bonds. The minimum absolute atomic E-state index is 0.214. The maximum absolute atomic E-state index is 12.3. The molecular formula is C17H33N3O8Si. The minimum atomic E-state index is -2.47. The highest BCUT2D eigenvalue weighted by Gasteiger charge is 2.54. The molecule has 29 heavy (non-hydrogen) atoms. The molecule has 0 aliphatic carbocycles. The Hall–Kier alpha value is -1.24. The molecule has 0 saturated carbocycles. The number of carbonyl (C=O) groups excluding carboxylic acids is 1. The van der Waals surface area contributed by atoms with Gasteiger partial charge in [-0.2, -0.15) is 0 Å². The molecule has 1 N–H and O–H groups in total. The predicted octanol–water partition coefficient (Wildman–Crippen LogP) is 3.21. The van der Waals surface area contributed by atoms with Crippen molar-refractivity contribution in [2.24, 2.45) is 5.11 Å². The lowest BCUT2D eigenvalue weighted by Crippen LogP contribution is -2.56. The van der Waals surface area contributed by atoms with Gasteiger partial charge in [0.25, 0.3) is 0 Å². The van der Waals surface area contributed by atoms with Crippen molar-refractivity contribution in [1.82, 2.24) is 0 Å². The molecule has 1 fully saturated rings. The van der Waals surface area contributed by atoms with Crippen LogP contribution >= 0.6 is 0 Å². The Morgan fingerprint density at radius 1 is 1.28 bits per heavy atom. The van der Waals surface area contributed by atoms with E-state index in [1.807, 2.05) is 33.9 Å². The molecule has 0 aromatic carbocycles. The topological polar surface area (TPSA) is 141 Å². The molecule has 168 valence electrons. The zero-order valence-corrected chi connectivity index (χ0v) is 19.5. The molecule has 0 spiro atoms. The van der Waals surface area contributed by atoms with Crippen LogP contribution in [0.15, 0.2) is 5.11 Å². The summed E-state index contributed by atoms with van der Waals surface area (Å²) in [5.41, 5.74) is 9.20. The average Bonchev–Trinajstić information content (AvgIpc) is 2.93. The second-order valence-electron chi connectivity index (χ2n) is 8.79. The summed E-state index contributed by atoms with van der Waals surface area (Å²) >= 11 is 0. The molecule has 1 saturated heterocycles. The predicted molar refractivity (Wildman–Crippen MR) is 105 cm³/mol. The van der Waals surface area contributed by atoms with Crippen molar-refractivity contribution in [3.05, 3.63) is 10.4 Å². The van der Waals surface area contributed by atoms with Crippen LogP contribution in [0.3, 0.4) is 0 Å². The number of ether oxygens (including phenoxy) is 4. The third-order valence-corrected chi connectivity index (χ3v) is 9.74. The molecule has 1 rings (SSSR count). The number of methoxy groups -OCH3 is 2. The van der Waals surface area contributed by atoms with E-state index in [1.165, 1.54) is 14.2 Å². The quantitative estimate of drug-likeness (QED) is 0.0850. The fourth-order valence-corrected chi connectivity index (χ4v) is 4.04. The van der Waals surface area contributed by atoms with Crippen molar-refractivity contribution in [2.75, 3.05) is 14.2 Å². The third-order valence-electron chi connectivity index (χ3n) is 5.26. The number of hydrogen-bond acceptors (Lipinski definition) is 9. The van der Waals surface area contributed by atoms with Gasteiger partial charge in [-0.3, -0.25) is 0 Å². The SMILES string of the molecule is COC(=O)[C@H]1OC(C)(C)O[C@H]1[C@@H](N=[N+]=[N-])[C@H](O[Si](C)(C)C(C)(C)C)C(OC)OO. The van der Waals surface area contributed by atoms with Crippen LogP contribution in [0, 0.1) is 0 Å². The second kappa shape index (κ2) is 9.71. The van der Waals surface area contributed by atoms with E-state index in [0.29, 0.717) is 0 Å². The van der Waals surface area contributed by atoms with Crippen LogP contribution in [0.5, 0.6) is 0 Å². The van der Waals surface area contributed by atoms with Crippen molar-refractivity contribution < 1.29 is 38.3 Å². The van der Waals surface area contributed by atoms with Crippen molar-refractivity contribution >= 4 is 14.3 Å². The van der Waals surface area contributed by atoms with Gasteiger partial charge in [-0.25, -0.2) is 14.9 Å². The van der Waals surface area contributed by atoms with E-state index < -0.39 is 50.7 Å². The Morgan fingerprint density at radius 3 is 2.28 bits per heavy atom. The van der Waals surface area contributed by atoms with Crippen molar-refractivity contribution in [3.63, 3.8) is 0 Å². The molecule has 12 heteroatoms. The third kappa shape index (κ3) is 6.12. The Bertz CT molecular complexity index is 614. The number of nitrogens with zero attached hydrogens (tertiary/aromatic N) is 3. The van der Waals surface area contributed by atoms with Crippen LogP contribution in [-0.2, 0) is 33.1 Å². The lowest BCUT2D eigenvalue weighted by atomic mass is 10.0. The van der Waals surface area contributed by atoms with Gasteiger partial charge in [-0.15, -0.1) is 0 Å². The summed E-state index contributed by atoms with van der Waals surface area (Å²) < 4.78 is 27.9. The molecular weight excluding hydrogens is 402 g/mol. The van der Waals surface area contributed by atoms with E-state index in [9.17, 15) is 15.6 Å². The smallest absolute Gasteiger partial charge is 0.337 e. The molecule has 1 heterocycles. The lowest BCUT2D eigenvalue weighted by Gasteiger charge is -2.42. The van der Waals surface area contributed by atoms with Crippen molar-refractivity contribution in [2.45, 2.75) is 89.2 Å². The first kappa shape index (κ1) is 25.8. The molecule has 11 nitrogen and oxygen atoms in total. The highest BCUT2D eigenvalue weighted by atomic mass is 28.4. The van der Waals surface area contributed by atoms with Gasteiger partial charge in [0.1, 0.15) is 12.2 Å². The van der Waals surface area contributed by atoms with Gasteiger partial charge in [-0.1, -0.05) is 25.9 Å². The second-order valence-corrected chi connectivity index (χ2v) is 13.5. The Morgan fingerprint density at radius 2 is 1.86 bits per heavy atom. The fourth-order valence-electron chi connectivity index (χ4n) is 2.76. The summed E-state index contributed by atoms with van der Waals surface area (Å²) in [5.74, 6) is -1.83. The minimum Gasteiger partial charge on any atom is -0.467 e. The van der Waals surface area contributed by atoms with Crippen LogP contribution in [0.1, 0.15) is 34.6 Å². The highest BCUT2D eigenvalue weighted by molar-refractivity contribution is 6.74. The number of rotatable bonds is 9. The molecule has 0 aromatic rings. The Kier molecular flexibility index (Phi) is 8.64. The van der Waals surface area contributed by atoms with E-state index in [0.717, 1.165) is 0 Å². The summed E-state index contributed by atoms with van der Waals surface area (Å²) in [4.78, 5) is 19.6. The maximum Gasteiger partial charge on any atom is 0.337 e. The van der Waals surface area contributed by atoms with Gasteiger partial charge in [-0.05, 0) is 37.5 Å². The zero-order valence-electron chi connectivity index (χ0n) is 18.5. The first-order chi connectivity index (χ1) is 13.2. The first-order valence-corrected chi connectivity index (χ1v) is 12.1. The first-order valence-electron chi connectivity index (χ1n) is 9.23. The zero-order chi connectivity index (χ0) is 22.6. The molecule has 1 aliphatic rings. The number of carbonyl (C=O) groups is 1. The van der Waals surface area contributed by atoms with E-state index >= 15 is 0 Å². The Balaban J connectivity index is 3.46. The van der Waals surface area contributed by atoms with Gasteiger partial charge in [0.2, 0.25) is 6.29 Å². The van der Waals surface area contributed by atoms with Gasteiger partial charge in [0.05, 0.1) is 13.2 Å². The number of hydrogen-bond donors (Lipinski definition) is 1. The molecule has 1 unspecified atom stereocenters. The fraction of sp³-hybridized carbons (Fsp3) is 0.941. The van der Waals surface area contributed by atoms with Gasteiger partial charge >= 0.3 is 5.97 Å². The van der Waals surface area contributed by atoms with Gasteiger partial charge in [0.15, 0.2) is 20.2 Å². The summed E-state index contributed by atoms with van der Waals surface area (Å²) in [6.45, 7) is 13.3. The van der Waals surface area contributed by atoms with Gasteiger partial charge in [0, 0.05) is 12.0 Å². The highest BCUT2D eigenvalue weighted by Crippen LogP contribution is 2.40. The average molecular weight is 436 g/mol. The lowest BCUT2D eigenvalue weighted by molar-refractivity contribution is -0.361. The number of esters is 1. The van der Waals surface area contributed by atoms with Gasteiger partial charge < -0.3 is 23.4 Å². The standard InChI is InChI=1S/C17H33N3O8Si/c1-16(2,3)29(8,9)28-12(15(24-7)27-22)10(19-20-18)11-13(14(21)23-6)26-17(4,5)25-11/h10-13,15,22H,1-9H3/t10-,11+,12+,13+,15?/m1/s1. The van der Waals surface area contributed by atoms with Crippen LogP contribution in [0.4, 0.5) is 0 Å². The Labute approximate surface area is 172 Å². The monoisotopic (exact) mass is 435 g/mol. The van der Waals surface area contributed by atoms with Crippen LogP contribution in [0.25, 0.3) is 10.4 Å². The van der Waals surface area contributed by atoms with Crippen LogP contribution in [-0.4, -0.2) is 70.2 Å². The summed E-state index contributed by atoms with van der Waals surface area (Å²) in [6, 6.07) is -1.13. The van der Waals surface area contributed by atoms with E-state index in [1.54, 1.807) is 13.8 Å². The molecule has 0 radical (unpaired) electrons. The normalized spacial score (nSPS) is 25.0. The van der Waals surface area contributed by atoms with Crippen LogP contribution in [0.2, 0.25) is 18.1 Å². The molecule has 5 atom stereocenters. The molecule has 0 aromatic heterocycles. The van der Waals surface area contributed by atoms with E-state index in [2.05, 4.69) is 14.9 Å². The van der Waals surface area contributed by atoms with E-state index in [-0.39, 0.29) is 5.04 Å². The van der Waals surface area contributed by atoms with Crippen LogP contribution < -0.4 is 0 Å². The number of azide groups is 1. The summed E-state index contributed by atoms with van der Waals surface area (Å²) in [5, 5.41) is 13.0. The van der Waals surface area contributed by atoms with Crippen molar-refractivity contribution in [1.29, 1.82) is 0 Å². The summed E-state index contributed by atoms with van der Waals surface area (Å²) in [7, 11) is 0.0604. The molecule has 1 aliphatic heterocycles. The van der Waals surface area contributed by atoms with Crippen molar-refractivity contribution in [3.8, 4) is 0 Å². The largest absolute Gasteiger partial charge is 0.467 e. The van der Waals surface area contributed by atoms with E-state index in [4.69, 9.17) is 23.4 Å². The maximum atomic E-state index is 12.3. The molecule has 0 bridgehead atoms.